The molecule has 106 valence electrons. The van der Waals surface area contributed by atoms with E-state index in [1.165, 1.54) is 5.56 Å². The van der Waals surface area contributed by atoms with Crippen LogP contribution in [0.4, 0.5) is 0 Å². The number of hydrogen-bond donors (Lipinski definition) is 1. The minimum absolute atomic E-state index is 0.00394. The number of nitrogens with zero attached hydrogens (tertiary/aromatic N) is 2. The fourth-order valence-corrected chi connectivity index (χ4v) is 3.08. The molecule has 1 amide bonds. The summed E-state index contributed by atoms with van der Waals surface area (Å²) in [5.74, 6) is 0.0747. The van der Waals surface area contributed by atoms with E-state index < -0.39 is 0 Å². The number of hydrogen-bond acceptors (Lipinski definition) is 4. The van der Waals surface area contributed by atoms with E-state index in [0.29, 0.717) is 19.8 Å². The van der Waals surface area contributed by atoms with Crippen molar-refractivity contribution in [1.82, 2.24) is 15.1 Å². The molecule has 3 rings (SSSR count). The van der Waals surface area contributed by atoms with E-state index in [-0.39, 0.29) is 17.9 Å². The van der Waals surface area contributed by atoms with Crippen molar-refractivity contribution in [3.8, 4) is 0 Å². The first-order chi connectivity index (χ1) is 9.84. The van der Waals surface area contributed by atoms with Crippen LogP contribution in [-0.4, -0.2) is 35.4 Å². The Kier molecular flexibility index (Phi) is 4.13. The molecular weight excluding hydrogens is 274 g/mol. The van der Waals surface area contributed by atoms with E-state index in [0.717, 1.165) is 6.42 Å². The molecule has 2 aromatic heterocycles. The van der Waals surface area contributed by atoms with Crippen LogP contribution in [0.15, 0.2) is 35.3 Å². The summed E-state index contributed by atoms with van der Waals surface area (Å²) in [5, 5.41) is 11.5. The van der Waals surface area contributed by atoms with Gasteiger partial charge in [0.15, 0.2) is 0 Å². The summed E-state index contributed by atoms with van der Waals surface area (Å²) in [4.78, 5) is 12.1. The van der Waals surface area contributed by atoms with E-state index >= 15 is 0 Å². The Labute approximate surface area is 121 Å². The molecule has 0 bridgehead atoms. The molecule has 0 radical (unpaired) electrons. The van der Waals surface area contributed by atoms with Crippen molar-refractivity contribution < 1.29 is 9.53 Å². The second-order valence-electron chi connectivity index (χ2n) is 4.86. The highest BCUT2D eigenvalue weighted by molar-refractivity contribution is 7.07. The lowest BCUT2D eigenvalue weighted by Gasteiger charge is -2.18. The zero-order valence-electron chi connectivity index (χ0n) is 11.1. The van der Waals surface area contributed by atoms with Gasteiger partial charge in [0.1, 0.15) is 0 Å². The third kappa shape index (κ3) is 2.91. The molecule has 0 aromatic carbocycles. The number of aromatic nitrogens is 2. The lowest BCUT2D eigenvalue weighted by Crippen LogP contribution is -2.35. The fourth-order valence-electron chi connectivity index (χ4n) is 2.38. The Hall–Kier alpha value is -1.66. The molecule has 1 N–H and O–H groups in total. The van der Waals surface area contributed by atoms with Gasteiger partial charge in [0.25, 0.3) is 0 Å². The lowest BCUT2D eigenvalue weighted by molar-refractivity contribution is -0.125. The summed E-state index contributed by atoms with van der Waals surface area (Å²) in [6.45, 7) is 1.77. The van der Waals surface area contributed by atoms with Crippen LogP contribution in [0, 0.1) is 5.92 Å². The highest BCUT2D eigenvalue weighted by atomic mass is 32.1. The van der Waals surface area contributed by atoms with Crippen molar-refractivity contribution >= 4 is 17.2 Å². The third-order valence-electron chi connectivity index (χ3n) is 3.54. The monoisotopic (exact) mass is 291 g/mol. The van der Waals surface area contributed by atoms with Crippen LogP contribution in [0.25, 0.3) is 0 Å². The molecular formula is C14H17N3O2S. The Balaban J connectivity index is 1.66. The molecule has 2 atom stereocenters. The molecule has 5 nitrogen and oxygen atoms in total. The Morgan fingerprint density at radius 1 is 1.65 bits per heavy atom. The van der Waals surface area contributed by atoms with Gasteiger partial charge in [-0.15, -0.1) is 0 Å². The molecule has 1 aliphatic heterocycles. The van der Waals surface area contributed by atoms with Gasteiger partial charge in [-0.25, -0.2) is 0 Å². The largest absolute Gasteiger partial charge is 0.381 e. The smallest absolute Gasteiger partial charge is 0.225 e. The number of amides is 1. The predicted molar refractivity (Wildman–Crippen MR) is 76.6 cm³/mol. The maximum Gasteiger partial charge on any atom is 0.225 e. The van der Waals surface area contributed by atoms with Gasteiger partial charge in [-0.05, 0) is 34.9 Å². The Morgan fingerprint density at radius 3 is 3.25 bits per heavy atom. The third-order valence-corrected chi connectivity index (χ3v) is 4.24. The maximum atomic E-state index is 12.1. The Bertz CT molecular complexity index is 499. The van der Waals surface area contributed by atoms with Gasteiger partial charge in [-0.2, -0.15) is 16.4 Å². The number of carbonyl (C=O) groups is 1. The number of ether oxygens (including phenoxy) is 1. The first-order valence-corrected chi connectivity index (χ1v) is 7.65. The second-order valence-corrected chi connectivity index (χ2v) is 5.64. The normalized spacial score (nSPS) is 19.9. The average Bonchev–Trinajstić information content (AvgIpc) is 3.22. The summed E-state index contributed by atoms with van der Waals surface area (Å²) in [5.41, 5.74) is 1.17. The summed E-state index contributed by atoms with van der Waals surface area (Å²) >= 11 is 1.65. The van der Waals surface area contributed by atoms with E-state index in [1.807, 2.05) is 22.3 Å². The van der Waals surface area contributed by atoms with E-state index in [9.17, 15) is 4.79 Å². The molecule has 2 unspecified atom stereocenters. The van der Waals surface area contributed by atoms with Gasteiger partial charge in [0.2, 0.25) is 5.91 Å². The van der Waals surface area contributed by atoms with Crippen molar-refractivity contribution in [2.45, 2.75) is 12.5 Å². The zero-order chi connectivity index (χ0) is 13.8. The van der Waals surface area contributed by atoms with Crippen molar-refractivity contribution in [2.75, 3.05) is 19.8 Å². The van der Waals surface area contributed by atoms with Crippen molar-refractivity contribution in [3.63, 3.8) is 0 Å². The van der Waals surface area contributed by atoms with Gasteiger partial charge < -0.3 is 10.1 Å². The number of nitrogens with one attached hydrogen (secondary N) is 1. The first-order valence-electron chi connectivity index (χ1n) is 6.71. The highest BCUT2D eigenvalue weighted by Gasteiger charge is 2.24. The SMILES string of the molecule is O=C(NCC(c1ccsc1)n1cccn1)C1CCOC1. The highest BCUT2D eigenvalue weighted by Crippen LogP contribution is 2.20. The quantitative estimate of drug-likeness (QED) is 0.912. The molecule has 0 spiro atoms. The van der Waals surface area contributed by atoms with E-state index in [4.69, 9.17) is 4.74 Å². The van der Waals surface area contributed by atoms with Gasteiger partial charge in [0, 0.05) is 25.5 Å². The van der Waals surface area contributed by atoms with Gasteiger partial charge in [-0.3, -0.25) is 9.48 Å². The van der Waals surface area contributed by atoms with Gasteiger partial charge in [-0.1, -0.05) is 0 Å². The molecule has 20 heavy (non-hydrogen) atoms. The summed E-state index contributed by atoms with van der Waals surface area (Å²) in [7, 11) is 0. The van der Waals surface area contributed by atoms with E-state index in [1.54, 1.807) is 17.5 Å². The van der Waals surface area contributed by atoms with E-state index in [2.05, 4.69) is 21.9 Å². The van der Waals surface area contributed by atoms with Crippen LogP contribution in [-0.2, 0) is 9.53 Å². The summed E-state index contributed by atoms with van der Waals surface area (Å²) in [6, 6.07) is 4.01. The molecule has 0 aliphatic carbocycles. The number of rotatable bonds is 5. The minimum Gasteiger partial charge on any atom is -0.381 e. The molecule has 0 saturated carbocycles. The lowest BCUT2D eigenvalue weighted by atomic mass is 10.1. The van der Waals surface area contributed by atoms with Crippen molar-refractivity contribution in [3.05, 3.63) is 40.8 Å². The van der Waals surface area contributed by atoms with Crippen molar-refractivity contribution in [1.29, 1.82) is 0 Å². The van der Waals surface area contributed by atoms with Crippen LogP contribution in [0.5, 0.6) is 0 Å². The average molecular weight is 291 g/mol. The molecule has 2 aromatic rings. The van der Waals surface area contributed by atoms with Gasteiger partial charge in [0.05, 0.1) is 18.6 Å². The van der Waals surface area contributed by atoms with Crippen LogP contribution >= 0.6 is 11.3 Å². The Morgan fingerprint density at radius 2 is 2.60 bits per heavy atom. The minimum atomic E-state index is -0.00394. The molecule has 1 fully saturated rings. The van der Waals surface area contributed by atoms with Crippen LogP contribution in [0.2, 0.25) is 0 Å². The molecule has 6 heteroatoms. The zero-order valence-corrected chi connectivity index (χ0v) is 11.9. The molecule has 1 aliphatic rings. The fraction of sp³-hybridized carbons (Fsp3) is 0.429. The van der Waals surface area contributed by atoms with Crippen LogP contribution in [0.1, 0.15) is 18.0 Å². The number of carbonyl (C=O) groups excluding carboxylic acids is 1. The molecule has 1 saturated heterocycles. The summed E-state index contributed by atoms with van der Waals surface area (Å²) < 4.78 is 7.14. The van der Waals surface area contributed by atoms with Gasteiger partial charge >= 0.3 is 0 Å². The van der Waals surface area contributed by atoms with Crippen LogP contribution in [0.3, 0.4) is 0 Å². The molecule has 3 heterocycles. The predicted octanol–water partition coefficient (Wildman–Crippen LogP) is 1.69. The standard InChI is InChI=1S/C14H17N3O2S/c18-14(11-2-6-19-9-11)15-8-13(12-3-7-20-10-12)17-5-1-4-16-17/h1,3-5,7,10-11,13H,2,6,8-9H2,(H,15,18). The van der Waals surface area contributed by atoms with Crippen LogP contribution < -0.4 is 5.32 Å². The van der Waals surface area contributed by atoms with Crippen molar-refractivity contribution in [2.24, 2.45) is 5.92 Å². The summed E-state index contributed by atoms with van der Waals surface area (Å²) in [6.07, 6.45) is 4.50. The number of thiophene rings is 1. The first kappa shape index (κ1) is 13.3. The second kappa shape index (κ2) is 6.19. The topological polar surface area (TPSA) is 56.2 Å². The maximum absolute atomic E-state index is 12.1.